The second kappa shape index (κ2) is 8.10. The molecule has 0 saturated carbocycles. The van der Waals surface area contributed by atoms with Crippen molar-refractivity contribution in [1.82, 2.24) is 14.8 Å². The first kappa shape index (κ1) is 15.0. The molecule has 0 aliphatic heterocycles. The average molecular weight is 273 g/mol. The minimum Gasteiger partial charge on any atom is -0.481 e. The van der Waals surface area contributed by atoms with E-state index in [9.17, 15) is 4.79 Å². The van der Waals surface area contributed by atoms with Gasteiger partial charge in [0.2, 0.25) is 0 Å². The van der Waals surface area contributed by atoms with Gasteiger partial charge >= 0.3 is 5.97 Å². The molecule has 0 radical (unpaired) electrons. The first-order valence-corrected chi connectivity index (χ1v) is 6.88. The number of hydrogen-bond acceptors (Lipinski definition) is 5. The second-order valence-electron chi connectivity index (χ2n) is 4.31. The largest absolute Gasteiger partial charge is 0.481 e. The lowest BCUT2D eigenvalue weighted by Crippen LogP contribution is -2.07. The molecule has 0 saturated heterocycles. The lowest BCUT2D eigenvalue weighted by Gasteiger charge is -2.08. The Morgan fingerprint density at radius 1 is 1.61 bits per heavy atom. The van der Waals surface area contributed by atoms with Crippen LogP contribution >= 0.6 is 11.8 Å². The van der Waals surface area contributed by atoms with E-state index in [0.29, 0.717) is 17.7 Å². The summed E-state index contributed by atoms with van der Waals surface area (Å²) in [6.45, 7) is 6.43. The zero-order valence-corrected chi connectivity index (χ0v) is 11.5. The Morgan fingerprint density at radius 2 is 2.39 bits per heavy atom. The van der Waals surface area contributed by atoms with Gasteiger partial charge in [0.15, 0.2) is 5.16 Å². The second-order valence-corrected chi connectivity index (χ2v) is 5.25. The van der Waals surface area contributed by atoms with Gasteiger partial charge in [-0.3, -0.25) is 4.79 Å². The van der Waals surface area contributed by atoms with Crippen LogP contribution in [0.1, 0.15) is 20.3 Å². The number of aliphatic carboxylic acids is 1. The predicted octanol–water partition coefficient (Wildman–Crippen LogP) is 1.52. The van der Waals surface area contributed by atoms with Gasteiger partial charge in [-0.2, -0.15) is 0 Å². The van der Waals surface area contributed by atoms with E-state index in [1.54, 1.807) is 6.33 Å². The summed E-state index contributed by atoms with van der Waals surface area (Å²) in [5.74, 6) is -0.306. The molecule has 0 spiro atoms. The van der Waals surface area contributed by atoms with Crippen molar-refractivity contribution in [3.63, 3.8) is 0 Å². The maximum absolute atomic E-state index is 10.5. The number of nitrogens with zero attached hydrogens (tertiary/aromatic N) is 3. The Morgan fingerprint density at radius 3 is 3.06 bits per heavy atom. The third-order valence-corrected chi connectivity index (χ3v) is 3.01. The Bertz CT molecular complexity index is 368. The molecule has 6 nitrogen and oxygen atoms in total. The van der Waals surface area contributed by atoms with Gasteiger partial charge in [0, 0.05) is 19.8 Å². The van der Waals surface area contributed by atoms with Gasteiger partial charge in [-0.15, -0.1) is 10.2 Å². The summed E-state index contributed by atoms with van der Waals surface area (Å²) in [6, 6.07) is 0. The topological polar surface area (TPSA) is 77.2 Å². The Hall–Kier alpha value is -1.08. The molecule has 0 aromatic carbocycles. The molecule has 1 heterocycles. The van der Waals surface area contributed by atoms with Crippen LogP contribution in [0.2, 0.25) is 0 Å². The molecule has 0 aliphatic carbocycles. The third-order valence-electron chi connectivity index (χ3n) is 2.04. The van der Waals surface area contributed by atoms with E-state index >= 15 is 0 Å². The van der Waals surface area contributed by atoms with Crippen molar-refractivity contribution in [2.75, 3.05) is 19.0 Å². The molecule has 1 aromatic rings. The Kier molecular flexibility index (Phi) is 6.74. The Labute approximate surface area is 111 Å². The lowest BCUT2D eigenvalue weighted by atomic mass is 10.2. The monoisotopic (exact) mass is 273 g/mol. The van der Waals surface area contributed by atoms with Crippen molar-refractivity contribution in [2.45, 2.75) is 32.0 Å². The van der Waals surface area contributed by atoms with Crippen LogP contribution in [-0.2, 0) is 16.1 Å². The van der Waals surface area contributed by atoms with E-state index in [1.165, 1.54) is 11.8 Å². The smallest absolute Gasteiger partial charge is 0.313 e. The van der Waals surface area contributed by atoms with E-state index in [4.69, 9.17) is 9.84 Å². The van der Waals surface area contributed by atoms with Crippen LogP contribution in [0.3, 0.4) is 0 Å². The highest BCUT2D eigenvalue weighted by Gasteiger charge is 2.07. The summed E-state index contributed by atoms with van der Waals surface area (Å²) in [6.07, 6.45) is 2.48. The van der Waals surface area contributed by atoms with Gasteiger partial charge in [-0.05, 0) is 12.3 Å². The number of thioether (sulfide) groups is 1. The van der Waals surface area contributed by atoms with Crippen molar-refractivity contribution < 1.29 is 14.6 Å². The average Bonchev–Trinajstić information content (AvgIpc) is 2.73. The number of ether oxygens (including phenoxy) is 1. The summed E-state index contributed by atoms with van der Waals surface area (Å²) < 4.78 is 7.33. The summed E-state index contributed by atoms with van der Waals surface area (Å²) in [5.41, 5.74) is 0. The van der Waals surface area contributed by atoms with E-state index in [-0.39, 0.29) is 5.75 Å². The van der Waals surface area contributed by atoms with E-state index in [2.05, 4.69) is 24.0 Å². The van der Waals surface area contributed by atoms with E-state index < -0.39 is 5.97 Å². The molecule has 1 N–H and O–H groups in total. The lowest BCUT2D eigenvalue weighted by molar-refractivity contribution is -0.133. The molecule has 0 fully saturated rings. The molecule has 1 aromatic heterocycles. The predicted molar refractivity (Wildman–Crippen MR) is 68.7 cm³/mol. The van der Waals surface area contributed by atoms with E-state index in [0.717, 1.165) is 19.6 Å². The number of carbonyl (C=O) groups is 1. The molecule has 0 aliphatic rings. The summed E-state index contributed by atoms with van der Waals surface area (Å²) in [4.78, 5) is 10.5. The number of aromatic nitrogens is 3. The summed E-state index contributed by atoms with van der Waals surface area (Å²) in [7, 11) is 0. The zero-order chi connectivity index (χ0) is 13.4. The standard InChI is InChI=1S/C11H19N3O3S/c1-9(2)6-17-5-3-4-14-8-12-13-11(14)18-7-10(15)16/h8-9H,3-7H2,1-2H3,(H,15,16). The SMILES string of the molecule is CC(C)COCCCn1cnnc1SCC(=O)O. The van der Waals surface area contributed by atoms with E-state index in [1.807, 2.05) is 4.57 Å². The highest BCUT2D eigenvalue weighted by Crippen LogP contribution is 2.14. The number of hydrogen-bond donors (Lipinski definition) is 1. The van der Waals surface area contributed by atoms with Crippen LogP contribution in [0.15, 0.2) is 11.5 Å². The normalized spacial score (nSPS) is 11.1. The molecule has 7 heteroatoms. The number of rotatable bonds is 9. The van der Waals surface area contributed by atoms with Crippen molar-refractivity contribution in [2.24, 2.45) is 5.92 Å². The van der Waals surface area contributed by atoms with Gasteiger partial charge in [-0.25, -0.2) is 0 Å². The summed E-state index contributed by atoms with van der Waals surface area (Å²) in [5, 5.41) is 16.9. The number of carboxylic acid groups (broad SMARTS) is 1. The maximum Gasteiger partial charge on any atom is 0.313 e. The molecular weight excluding hydrogens is 254 g/mol. The molecule has 0 unspecified atom stereocenters. The molecule has 0 bridgehead atoms. The van der Waals surface area contributed by atoms with Crippen LogP contribution in [0.4, 0.5) is 0 Å². The van der Waals surface area contributed by atoms with Gasteiger partial charge in [0.25, 0.3) is 0 Å². The van der Waals surface area contributed by atoms with Crippen LogP contribution < -0.4 is 0 Å². The quantitative estimate of drug-likeness (QED) is 0.543. The van der Waals surface area contributed by atoms with Crippen molar-refractivity contribution in [3.05, 3.63) is 6.33 Å². The highest BCUT2D eigenvalue weighted by atomic mass is 32.2. The Balaban J connectivity index is 2.25. The summed E-state index contributed by atoms with van der Waals surface area (Å²) >= 11 is 1.18. The molecular formula is C11H19N3O3S. The fourth-order valence-corrected chi connectivity index (χ4v) is 1.95. The molecule has 18 heavy (non-hydrogen) atoms. The van der Waals surface area contributed by atoms with Crippen LogP contribution in [0, 0.1) is 5.92 Å². The zero-order valence-electron chi connectivity index (χ0n) is 10.7. The fraction of sp³-hybridized carbons (Fsp3) is 0.727. The first-order chi connectivity index (χ1) is 8.59. The first-order valence-electron chi connectivity index (χ1n) is 5.89. The number of aryl methyl sites for hydroxylation is 1. The van der Waals surface area contributed by atoms with Crippen molar-refractivity contribution >= 4 is 17.7 Å². The number of carboxylic acids is 1. The third kappa shape index (κ3) is 6.02. The van der Waals surface area contributed by atoms with Crippen molar-refractivity contribution in [3.8, 4) is 0 Å². The van der Waals surface area contributed by atoms with Gasteiger partial charge in [0.1, 0.15) is 6.33 Å². The van der Waals surface area contributed by atoms with Crippen LogP contribution in [-0.4, -0.2) is 44.8 Å². The van der Waals surface area contributed by atoms with Gasteiger partial charge in [-0.1, -0.05) is 25.6 Å². The molecule has 1 rings (SSSR count). The highest BCUT2D eigenvalue weighted by molar-refractivity contribution is 7.99. The van der Waals surface area contributed by atoms with Gasteiger partial charge < -0.3 is 14.4 Å². The van der Waals surface area contributed by atoms with Gasteiger partial charge in [0.05, 0.1) is 5.75 Å². The minimum atomic E-state index is -0.852. The molecule has 102 valence electrons. The van der Waals surface area contributed by atoms with Crippen LogP contribution in [0.25, 0.3) is 0 Å². The van der Waals surface area contributed by atoms with Crippen LogP contribution in [0.5, 0.6) is 0 Å². The molecule has 0 atom stereocenters. The molecule has 0 amide bonds. The minimum absolute atomic E-state index is 0.00252. The maximum atomic E-state index is 10.5. The van der Waals surface area contributed by atoms with Crippen molar-refractivity contribution in [1.29, 1.82) is 0 Å². The fourth-order valence-electron chi connectivity index (χ4n) is 1.29.